The number of nitrogens with one attached hydrogen (secondary N) is 1. The highest BCUT2D eigenvalue weighted by Gasteiger charge is 2.23. The maximum absolute atomic E-state index is 14.4. The van der Waals surface area contributed by atoms with Gasteiger partial charge in [0.05, 0.1) is 5.69 Å². The molecule has 0 fully saturated rings. The van der Waals surface area contributed by atoms with E-state index in [1.165, 1.54) is 6.07 Å². The van der Waals surface area contributed by atoms with Crippen molar-refractivity contribution in [2.75, 3.05) is 11.9 Å². The van der Waals surface area contributed by atoms with E-state index in [-0.39, 0.29) is 5.82 Å². The Labute approximate surface area is 151 Å². The fourth-order valence-electron chi connectivity index (χ4n) is 3.36. The minimum atomic E-state index is -0.248. The summed E-state index contributed by atoms with van der Waals surface area (Å²) in [6.45, 7) is 2.91. The molecule has 0 amide bonds. The van der Waals surface area contributed by atoms with Crippen LogP contribution in [0.3, 0.4) is 0 Å². The lowest BCUT2D eigenvalue weighted by atomic mass is 10.0. The number of aryl methyl sites for hydroxylation is 1. The number of halogens is 2. The predicted molar refractivity (Wildman–Crippen MR) is 100 cm³/mol. The third-order valence-corrected chi connectivity index (χ3v) is 4.89. The Morgan fingerprint density at radius 2 is 2.00 bits per heavy atom. The van der Waals surface area contributed by atoms with Crippen molar-refractivity contribution in [3.63, 3.8) is 0 Å². The Morgan fingerprint density at radius 1 is 1.16 bits per heavy atom. The number of benzene rings is 2. The van der Waals surface area contributed by atoms with Crippen LogP contribution in [0.5, 0.6) is 0 Å². The van der Waals surface area contributed by atoms with Crippen LogP contribution < -0.4 is 5.32 Å². The molecule has 1 N–H and O–H groups in total. The fourth-order valence-corrected chi connectivity index (χ4v) is 3.52. The molecule has 0 saturated carbocycles. The number of nitrogens with zero attached hydrogens (tertiary/aromatic N) is 2. The molecule has 0 atom stereocenters. The second-order valence-electron chi connectivity index (χ2n) is 6.38. The Morgan fingerprint density at radius 3 is 2.84 bits per heavy atom. The number of anilines is 1. The smallest absolute Gasteiger partial charge is 0.133 e. The van der Waals surface area contributed by atoms with E-state index in [0.29, 0.717) is 16.3 Å². The third-order valence-electron chi connectivity index (χ3n) is 4.66. The van der Waals surface area contributed by atoms with Crippen molar-refractivity contribution in [3.8, 4) is 16.9 Å². The quantitative estimate of drug-likeness (QED) is 0.668. The van der Waals surface area contributed by atoms with Gasteiger partial charge in [-0.05, 0) is 56.0 Å². The Kier molecular flexibility index (Phi) is 4.22. The fraction of sp³-hybridized carbons (Fsp3) is 0.250. The van der Waals surface area contributed by atoms with E-state index in [4.69, 9.17) is 16.7 Å². The third kappa shape index (κ3) is 2.91. The summed E-state index contributed by atoms with van der Waals surface area (Å²) in [5.74, 6) is 0.697. The van der Waals surface area contributed by atoms with Crippen LogP contribution >= 0.6 is 11.6 Å². The number of hydrogen-bond donors (Lipinski definition) is 1. The van der Waals surface area contributed by atoms with Crippen molar-refractivity contribution in [1.82, 2.24) is 9.78 Å². The lowest BCUT2D eigenvalue weighted by molar-refractivity contribution is 0.630. The molecule has 25 heavy (non-hydrogen) atoms. The lowest BCUT2D eigenvalue weighted by Gasteiger charge is -2.12. The topological polar surface area (TPSA) is 29.9 Å². The molecule has 0 unspecified atom stereocenters. The molecule has 5 heteroatoms. The van der Waals surface area contributed by atoms with Gasteiger partial charge in [0.25, 0.3) is 0 Å². The normalized spacial score (nSPS) is 13.9. The molecule has 4 rings (SSSR count). The highest BCUT2D eigenvalue weighted by molar-refractivity contribution is 6.30. The zero-order valence-corrected chi connectivity index (χ0v) is 14.8. The first-order chi connectivity index (χ1) is 12.1. The molecule has 2 aromatic carbocycles. The van der Waals surface area contributed by atoms with Gasteiger partial charge in [-0.15, -0.1) is 0 Å². The van der Waals surface area contributed by atoms with Gasteiger partial charge >= 0.3 is 0 Å². The van der Waals surface area contributed by atoms with Gasteiger partial charge in [-0.25, -0.2) is 9.07 Å². The van der Waals surface area contributed by atoms with Gasteiger partial charge in [0.15, 0.2) is 0 Å². The molecule has 0 saturated heterocycles. The molecule has 1 aliphatic heterocycles. The first-order valence-corrected chi connectivity index (χ1v) is 8.90. The molecule has 3 nitrogen and oxygen atoms in total. The number of aromatic nitrogens is 2. The minimum Gasteiger partial charge on any atom is -0.370 e. The summed E-state index contributed by atoms with van der Waals surface area (Å²) in [7, 11) is 0. The van der Waals surface area contributed by atoms with E-state index in [1.807, 2.05) is 35.9 Å². The molecule has 0 spiro atoms. The van der Waals surface area contributed by atoms with E-state index in [9.17, 15) is 4.39 Å². The van der Waals surface area contributed by atoms with Gasteiger partial charge in [0.1, 0.15) is 17.3 Å². The second-order valence-corrected chi connectivity index (χ2v) is 6.82. The molecule has 3 aromatic rings. The van der Waals surface area contributed by atoms with Gasteiger partial charge < -0.3 is 5.32 Å². The van der Waals surface area contributed by atoms with Crippen LogP contribution in [0.2, 0.25) is 5.02 Å². The van der Waals surface area contributed by atoms with E-state index in [1.54, 1.807) is 12.1 Å². The van der Waals surface area contributed by atoms with Crippen molar-refractivity contribution >= 4 is 17.4 Å². The molecular formula is C20H19ClFN3. The summed E-state index contributed by atoms with van der Waals surface area (Å²) >= 11 is 6.21. The maximum Gasteiger partial charge on any atom is 0.133 e. The van der Waals surface area contributed by atoms with Crippen molar-refractivity contribution < 1.29 is 4.39 Å². The monoisotopic (exact) mass is 355 g/mol. The van der Waals surface area contributed by atoms with E-state index < -0.39 is 0 Å². The number of fused-ring (bicyclic) bond motifs is 1. The molecule has 0 aliphatic carbocycles. The minimum absolute atomic E-state index is 0.248. The van der Waals surface area contributed by atoms with Gasteiger partial charge in [0.2, 0.25) is 0 Å². The highest BCUT2D eigenvalue weighted by Crippen LogP contribution is 2.36. The van der Waals surface area contributed by atoms with Crippen LogP contribution in [0, 0.1) is 12.7 Å². The summed E-state index contributed by atoms with van der Waals surface area (Å²) in [4.78, 5) is 0. The SMILES string of the molecule is Cc1ccc(Cl)cc1-n1nc(-c2ccccc2F)c2c1NCCCC2. The van der Waals surface area contributed by atoms with E-state index >= 15 is 0 Å². The Balaban J connectivity index is 1.97. The molecular weight excluding hydrogens is 337 g/mol. The van der Waals surface area contributed by atoms with E-state index in [2.05, 4.69) is 5.32 Å². The van der Waals surface area contributed by atoms with Crippen molar-refractivity contribution in [1.29, 1.82) is 0 Å². The predicted octanol–water partition coefficient (Wildman–Crippen LogP) is 5.39. The van der Waals surface area contributed by atoms with Crippen LogP contribution in [-0.4, -0.2) is 16.3 Å². The largest absolute Gasteiger partial charge is 0.370 e. The maximum atomic E-state index is 14.4. The molecule has 1 aliphatic rings. The van der Waals surface area contributed by atoms with Gasteiger partial charge in [-0.1, -0.05) is 29.8 Å². The lowest BCUT2D eigenvalue weighted by Crippen LogP contribution is -2.08. The average Bonchev–Trinajstić information content (AvgIpc) is 2.79. The first kappa shape index (κ1) is 16.2. The molecule has 0 radical (unpaired) electrons. The molecule has 2 heterocycles. The Hall–Kier alpha value is -2.33. The van der Waals surface area contributed by atoms with Crippen LogP contribution in [0.25, 0.3) is 16.9 Å². The highest BCUT2D eigenvalue weighted by atomic mass is 35.5. The molecule has 0 bridgehead atoms. The summed E-state index contributed by atoms with van der Waals surface area (Å²) in [5.41, 5.74) is 4.31. The molecule has 128 valence electrons. The van der Waals surface area contributed by atoms with Gasteiger partial charge in [-0.3, -0.25) is 0 Å². The molecule has 1 aromatic heterocycles. The number of rotatable bonds is 2. The van der Waals surface area contributed by atoms with Crippen LogP contribution in [0.15, 0.2) is 42.5 Å². The summed E-state index contributed by atoms with van der Waals surface area (Å²) < 4.78 is 16.3. The summed E-state index contributed by atoms with van der Waals surface area (Å²) in [5, 5.41) is 8.93. The second kappa shape index (κ2) is 6.52. The zero-order chi connectivity index (χ0) is 17.4. The van der Waals surface area contributed by atoms with Crippen LogP contribution in [0.1, 0.15) is 24.0 Å². The van der Waals surface area contributed by atoms with Crippen LogP contribution in [-0.2, 0) is 6.42 Å². The number of hydrogen-bond acceptors (Lipinski definition) is 2. The van der Waals surface area contributed by atoms with Crippen molar-refractivity contribution in [3.05, 3.63) is 64.4 Å². The van der Waals surface area contributed by atoms with Gasteiger partial charge in [0, 0.05) is 22.7 Å². The van der Waals surface area contributed by atoms with E-state index in [0.717, 1.165) is 48.4 Å². The van der Waals surface area contributed by atoms with Gasteiger partial charge in [-0.2, -0.15) is 5.10 Å². The summed E-state index contributed by atoms with van der Waals surface area (Å²) in [6, 6.07) is 12.6. The van der Waals surface area contributed by atoms with Crippen molar-refractivity contribution in [2.45, 2.75) is 26.2 Å². The van der Waals surface area contributed by atoms with Crippen LogP contribution in [0.4, 0.5) is 10.2 Å². The standard InChI is InChI=1S/C20H19ClFN3/c1-13-9-10-14(21)12-18(13)25-20-16(7-4-5-11-23-20)19(24-25)15-6-2-3-8-17(15)22/h2-3,6,8-10,12,23H,4-5,7,11H2,1H3. The average molecular weight is 356 g/mol. The Bertz CT molecular complexity index is 933. The summed E-state index contributed by atoms with van der Waals surface area (Å²) in [6.07, 6.45) is 3.02. The zero-order valence-electron chi connectivity index (χ0n) is 14.0. The first-order valence-electron chi connectivity index (χ1n) is 8.52. The van der Waals surface area contributed by atoms with Crippen molar-refractivity contribution in [2.24, 2.45) is 0 Å².